The molecule has 0 aliphatic carbocycles. The third kappa shape index (κ3) is 4.56. The number of aliphatic carboxylic acids is 1. The first-order valence-corrected chi connectivity index (χ1v) is 3.88. The van der Waals surface area contributed by atoms with E-state index in [1.165, 1.54) is 0 Å². The molecule has 6 heteroatoms. The number of ketones is 1. The van der Waals surface area contributed by atoms with Gasteiger partial charge >= 0.3 is 5.97 Å². The summed E-state index contributed by atoms with van der Waals surface area (Å²) >= 11 is 0. The Morgan fingerprint density at radius 2 is 1.92 bits per heavy atom. The average molecular weight is 190 g/mol. The first-order valence-electron chi connectivity index (χ1n) is 3.88. The van der Waals surface area contributed by atoms with Crippen molar-refractivity contribution in [2.75, 3.05) is 6.54 Å². The third-order valence-corrected chi connectivity index (χ3v) is 1.59. The number of carboxylic acids is 1. The van der Waals surface area contributed by atoms with Crippen LogP contribution in [0.2, 0.25) is 0 Å². The van der Waals surface area contributed by atoms with Crippen molar-refractivity contribution in [3.8, 4) is 0 Å². The van der Waals surface area contributed by atoms with Gasteiger partial charge in [0.15, 0.2) is 5.78 Å². The van der Waals surface area contributed by atoms with E-state index in [0.29, 0.717) is 0 Å². The second-order valence-electron chi connectivity index (χ2n) is 2.69. The molecule has 2 atom stereocenters. The van der Waals surface area contributed by atoms with Crippen molar-refractivity contribution in [3.05, 3.63) is 0 Å². The highest BCUT2D eigenvalue weighted by atomic mass is 16.4. The van der Waals surface area contributed by atoms with Gasteiger partial charge in [-0.2, -0.15) is 0 Å². The molecule has 0 aromatic rings. The Morgan fingerprint density at radius 1 is 1.38 bits per heavy atom. The molecule has 0 heterocycles. The molecule has 1 unspecified atom stereocenters. The minimum Gasteiger partial charge on any atom is -0.481 e. The van der Waals surface area contributed by atoms with Crippen LogP contribution in [0.25, 0.3) is 0 Å². The minimum atomic E-state index is -1.29. The van der Waals surface area contributed by atoms with Crippen LogP contribution in [0.1, 0.15) is 12.8 Å². The van der Waals surface area contributed by atoms with Crippen molar-refractivity contribution in [1.29, 1.82) is 0 Å². The zero-order valence-corrected chi connectivity index (χ0v) is 7.14. The van der Waals surface area contributed by atoms with E-state index in [4.69, 9.17) is 21.7 Å². The largest absolute Gasteiger partial charge is 0.481 e. The van der Waals surface area contributed by atoms with Crippen molar-refractivity contribution in [2.45, 2.75) is 25.0 Å². The Labute approximate surface area is 75.5 Å². The van der Waals surface area contributed by atoms with Gasteiger partial charge in [-0.05, 0) is 6.42 Å². The monoisotopic (exact) mass is 190 g/mol. The zero-order chi connectivity index (χ0) is 10.4. The van der Waals surface area contributed by atoms with E-state index in [1.54, 1.807) is 0 Å². The summed E-state index contributed by atoms with van der Waals surface area (Å²) in [4.78, 5) is 21.2. The molecule has 0 radical (unpaired) electrons. The molecule has 0 amide bonds. The van der Waals surface area contributed by atoms with Gasteiger partial charge in [-0.1, -0.05) is 0 Å². The lowest BCUT2D eigenvalue weighted by atomic mass is 10.0. The van der Waals surface area contributed by atoms with Crippen LogP contribution in [0.15, 0.2) is 0 Å². The first-order chi connectivity index (χ1) is 5.99. The lowest BCUT2D eigenvalue weighted by molar-refractivity contribution is -0.137. The number of hydrogen-bond acceptors (Lipinski definition) is 5. The standard InChI is InChI=1S/C7H14N2O4/c8-3-5(10)7(13)4(9)1-2-6(11)12/h4-5,10H,1-3,8-9H2,(H,11,12)/t4-,5?/m0/s1. The number of carboxylic acid groups (broad SMARTS) is 1. The van der Waals surface area contributed by atoms with Crippen LogP contribution in [0.3, 0.4) is 0 Å². The van der Waals surface area contributed by atoms with Crippen molar-refractivity contribution >= 4 is 11.8 Å². The lowest BCUT2D eigenvalue weighted by Crippen LogP contribution is -2.42. The number of carbonyl (C=O) groups is 2. The molecule has 6 N–H and O–H groups in total. The summed E-state index contributed by atoms with van der Waals surface area (Å²) in [5.41, 5.74) is 10.3. The second-order valence-corrected chi connectivity index (χ2v) is 2.69. The normalized spacial score (nSPS) is 15.0. The van der Waals surface area contributed by atoms with Crippen LogP contribution >= 0.6 is 0 Å². The highest BCUT2D eigenvalue weighted by Gasteiger charge is 2.21. The van der Waals surface area contributed by atoms with E-state index in [9.17, 15) is 9.59 Å². The van der Waals surface area contributed by atoms with Gasteiger partial charge < -0.3 is 21.7 Å². The molecule has 0 aromatic carbocycles. The molecular formula is C7H14N2O4. The molecule has 0 aliphatic heterocycles. The fourth-order valence-electron chi connectivity index (χ4n) is 0.785. The van der Waals surface area contributed by atoms with Crippen molar-refractivity contribution < 1.29 is 19.8 Å². The average Bonchev–Trinajstić information content (AvgIpc) is 2.11. The first kappa shape index (κ1) is 12.0. The van der Waals surface area contributed by atoms with Gasteiger partial charge in [0.05, 0.1) is 6.04 Å². The Balaban J connectivity index is 3.89. The molecule has 0 aliphatic rings. The Hall–Kier alpha value is -0.980. The molecule has 13 heavy (non-hydrogen) atoms. The van der Waals surface area contributed by atoms with Gasteiger partial charge in [-0.15, -0.1) is 0 Å². The number of hydrogen-bond donors (Lipinski definition) is 4. The summed E-state index contributed by atoms with van der Waals surface area (Å²) in [6.45, 7) is -0.195. The second kappa shape index (κ2) is 5.63. The number of aliphatic hydroxyl groups is 1. The van der Waals surface area contributed by atoms with Crippen molar-refractivity contribution in [1.82, 2.24) is 0 Å². The van der Waals surface area contributed by atoms with E-state index in [-0.39, 0.29) is 19.4 Å². The minimum absolute atomic E-state index is 0.0191. The highest BCUT2D eigenvalue weighted by Crippen LogP contribution is 1.98. The molecule has 0 saturated heterocycles. The van der Waals surface area contributed by atoms with Gasteiger partial charge in [-0.3, -0.25) is 9.59 Å². The number of Topliss-reactive ketones (excluding diaryl/α,β-unsaturated/α-hetero) is 1. The van der Waals surface area contributed by atoms with Crippen LogP contribution in [-0.2, 0) is 9.59 Å². The fourth-order valence-corrected chi connectivity index (χ4v) is 0.785. The molecule has 76 valence electrons. The quantitative estimate of drug-likeness (QED) is 0.386. The highest BCUT2D eigenvalue weighted by molar-refractivity contribution is 5.88. The van der Waals surface area contributed by atoms with Crippen LogP contribution in [-0.4, -0.2) is 40.7 Å². The number of carbonyl (C=O) groups excluding carboxylic acids is 1. The summed E-state index contributed by atoms with van der Waals surface area (Å²) in [6.07, 6.45) is -1.46. The SMILES string of the molecule is NCC(O)C(=O)[C@@H](N)CCC(=O)O. The van der Waals surface area contributed by atoms with E-state index in [2.05, 4.69) is 0 Å². The molecule has 0 spiro atoms. The van der Waals surface area contributed by atoms with Crippen LogP contribution < -0.4 is 11.5 Å². The summed E-state index contributed by atoms with van der Waals surface area (Å²) in [5, 5.41) is 17.2. The Bertz CT molecular complexity index is 195. The van der Waals surface area contributed by atoms with Crippen LogP contribution in [0.5, 0.6) is 0 Å². The molecule has 6 nitrogen and oxygen atoms in total. The van der Waals surface area contributed by atoms with Gasteiger partial charge in [0.25, 0.3) is 0 Å². The van der Waals surface area contributed by atoms with Crippen LogP contribution in [0.4, 0.5) is 0 Å². The van der Waals surface area contributed by atoms with E-state index in [0.717, 1.165) is 0 Å². The Kier molecular flexibility index (Phi) is 5.20. The topological polar surface area (TPSA) is 127 Å². The van der Waals surface area contributed by atoms with Gasteiger partial charge in [0.1, 0.15) is 6.10 Å². The smallest absolute Gasteiger partial charge is 0.303 e. The molecule has 0 saturated carbocycles. The summed E-state index contributed by atoms with van der Waals surface area (Å²) < 4.78 is 0. The summed E-state index contributed by atoms with van der Waals surface area (Å²) in [6, 6.07) is -0.949. The van der Waals surface area contributed by atoms with E-state index in [1.807, 2.05) is 0 Å². The Morgan fingerprint density at radius 3 is 2.31 bits per heavy atom. The van der Waals surface area contributed by atoms with Crippen molar-refractivity contribution in [2.24, 2.45) is 11.5 Å². The summed E-state index contributed by atoms with van der Waals surface area (Å²) in [5.74, 6) is -1.63. The predicted molar refractivity (Wildman–Crippen MR) is 44.9 cm³/mol. The summed E-state index contributed by atoms with van der Waals surface area (Å²) in [7, 11) is 0. The molecule has 0 fully saturated rings. The van der Waals surface area contributed by atoms with Crippen LogP contribution in [0, 0.1) is 0 Å². The number of nitrogens with two attached hydrogens (primary N) is 2. The number of rotatable bonds is 6. The lowest BCUT2D eigenvalue weighted by Gasteiger charge is -2.12. The molecular weight excluding hydrogens is 176 g/mol. The zero-order valence-electron chi connectivity index (χ0n) is 7.14. The van der Waals surface area contributed by atoms with E-state index < -0.39 is 23.9 Å². The maximum atomic E-state index is 11.0. The fraction of sp³-hybridized carbons (Fsp3) is 0.714. The molecule has 0 rings (SSSR count). The maximum absolute atomic E-state index is 11.0. The molecule has 0 aromatic heterocycles. The van der Waals surface area contributed by atoms with Gasteiger partial charge in [0, 0.05) is 13.0 Å². The predicted octanol–water partition coefficient (Wildman–Crippen LogP) is -1.93. The van der Waals surface area contributed by atoms with E-state index >= 15 is 0 Å². The van der Waals surface area contributed by atoms with Gasteiger partial charge in [-0.25, -0.2) is 0 Å². The number of aliphatic hydroxyl groups excluding tert-OH is 1. The van der Waals surface area contributed by atoms with Gasteiger partial charge in [0.2, 0.25) is 0 Å². The third-order valence-electron chi connectivity index (χ3n) is 1.59. The maximum Gasteiger partial charge on any atom is 0.303 e. The van der Waals surface area contributed by atoms with Crippen molar-refractivity contribution in [3.63, 3.8) is 0 Å². The molecule has 0 bridgehead atoms.